The number of nitrogens with one attached hydrogen (secondary N) is 1. The maximum Gasteiger partial charge on any atom is 0.309 e. The third-order valence-corrected chi connectivity index (χ3v) is 4.62. The average Bonchev–Trinajstić information content (AvgIpc) is 2.69. The molecule has 0 bridgehead atoms. The van der Waals surface area contributed by atoms with Crippen molar-refractivity contribution < 1.29 is 23.5 Å². The molecule has 0 spiro atoms. The Balaban J connectivity index is 1.65. The van der Waals surface area contributed by atoms with Crippen molar-refractivity contribution >= 4 is 29.5 Å². The van der Waals surface area contributed by atoms with E-state index >= 15 is 0 Å². The summed E-state index contributed by atoms with van der Waals surface area (Å²) in [6.07, 6.45) is 2.33. The number of ether oxygens (including phenoxy) is 1. The number of carbonyl (C=O) groups excluding carboxylic acids is 3. The zero-order chi connectivity index (χ0) is 21.0. The number of nitrogens with zero attached hydrogens (tertiary/aromatic N) is 1. The predicted octanol–water partition coefficient (Wildman–Crippen LogP) is 3.66. The lowest BCUT2D eigenvalue weighted by atomic mass is 9.94. The molecule has 1 aliphatic heterocycles. The second-order valence-corrected chi connectivity index (χ2v) is 6.72. The van der Waals surface area contributed by atoms with Crippen molar-refractivity contribution in [1.29, 1.82) is 0 Å². The maximum absolute atomic E-state index is 13.0. The molecule has 2 aromatic carbocycles. The molecule has 6 nitrogen and oxygen atoms in total. The van der Waals surface area contributed by atoms with E-state index in [-0.39, 0.29) is 12.3 Å². The first-order chi connectivity index (χ1) is 13.8. The normalized spacial score (nSPS) is 16.0. The van der Waals surface area contributed by atoms with E-state index in [4.69, 9.17) is 4.74 Å². The minimum atomic E-state index is -1.05. The minimum Gasteiger partial charge on any atom is -0.452 e. The standard InChI is InChI=1S/C22H21FN2O4/c1-14(22(28)24-18-9-7-17(23)8-10-18)29-21(27)13-20-19-6-4-3-5-16(19)11-12-25(20)15(2)26/h3-12,14,20H,13H2,1-2H3,(H,24,28)/t14-,20+/m0/s1. The van der Waals surface area contributed by atoms with E-state index in [0.29, 0.717) is 5.69 Å². The number of esters is 1. The summed E-state index contributed by atoms with van der Waals surface area (Å²) in [5.41, 5.74) is 2.16. The van der Waals surface area contributed by atoms with Gasteiger partial charge in [0.25, 0.3) is 5.91 Å². The molecule has 1 heterocycles. The highest BCUT2D eigenvalue weighted by atomic mass is 19.1. The lowest BCUT2D eigenvalue weighted by Crippen LogP contribution is -2.35. The Bertz CT molecular complexity index is 956. The van der Waals surface area contributed by atoms with Crippen LogP contribution in [-0.4, -0.2) is 28.8 Å². The molecule has 2 amide bonds. The smallest absolute Gasteiger partial charge is 0.309 e. The molecule has 7 heteroatoms. The van der Waals surface area contributed by atoms with E-state index in [1.807, 2.05) is 30.3 Å². The van der Waals surface area contributed by atoms with Crippen LogP contribution in [0.1, 0.15) is 37.4 Å². The van der Waals surface area contributed by atoms with E-state index in [2.05, 4.69) is 5.32 Å². The van der Waals surface area contributed by atoms with Crippen molar-refractivity contribution in [3.05, 3.63) is 71.7 Å². The fraction of sp³-hybridized carbons (Fsp3) is 0.227. The maximum atomic E-state index is 13.0. The van der Waals surface area contributed by atoms with E-state index in [9.17, 15) is 18.8 Å². The molecule has 0 aromatic heterocycles. The van der Waals surface area contributed by atoms with E-state index in [1.165, 1.54) is 43.0 Å². The molecule has 0 unspecified atom stereocenters. The summed E-state index contributed by atoms with van der Waals surface area (Å²) in [5, 5.41) is 2.56. The van der Waals surface area contributed by atoms with Crippen molar-refractivity contribution in [2.75, 3.05) is 5.32 Å². The summed E-state index contributed by atoms with van der Waals surface area (Å²) in [6.45, 7) is 2.88. The van der Waals surface area contributed by atoms with Crippen LogP contribution in [0, 0.1) is 5.82 Å². The number of carbonyl (C=O) groups is 3. The van der Waals surface area contributed by atoms with Crippen molar-refractivity contribution in [3.8, 4) is 0 Å². The molecule has 2 atom stereocenters. The zero-order valence-electron chi connectivity index (χ0n) is 16.1. The van der Waals surface area contributed by atoms with Gasteiger partial charge in [-0.15, -0.1) is 0 Å². The van der Waals surface area contributed by atoms with Gasteiger partial charge in [0.15, 0.2) is 6.10 Å². The van der Waals surface area contributed by atoms with Gasteiger partial charge < -0.3 is 15.0 Å². The van der Waals surface area contributed by atoms with Gasteiger partial charge in [-0.2, -0.15) is 0 Å². The van der Waals surface area contributed by atoms with Crippen molar-refractivity contribution in [2.24, 2.45) is 0 Å². The fourth-order valence-corrected chi connectivity index (χ4v) is 3.15. The Morgan fingerprint density at radius 1 is 1.14 bits per heavy atom. The van der Waals surface area contributed by atoms with Gasteiger partial charge in [-0.1, -0.05) is 24.3 Å². The van der Waals surface area contributed by atoms with Crippen LogP contribution in [0.15, 0.2) is 54.7 Å². The van der Waals surface area contributed by atoms with Crippen molar-refractivity contribution in [3.63, 3.8) is 0 Å². The summed E-state index contributed by atoms with van der Waals surface area (Å²) in [5.74, 6) is -1.75. The van der Waals surface area contributed by atoms with E-state index in [1.54, 1.807) is 6.20 Å². The van der Waals surface area contributed by atoms with Crippen LogP contribution in [0.25, 0.3) is 6.08 Å². The Labute approximate surface area is 168 Å². The van der Waals surface area contributed by atoms with Crippen LogP contribution in [0.4, 0.5) is 10.1 Å². The summed E-state index contributed by atoms with van der Waals surface area (Å²) >= 11 is 0. The molecule has 0 fully saturated rings. The van der Waals surface area contributed by atoms with E-state index < -0.39 is 29.8 Å². The van der Waals surface area contributed by atoms with Gasteiger partial charge in [-0.05, 0) is 48.4 Å². The molecule has 3 rings (SSSR count). The van der Waals surface area contributed by atoms with Crippen LogP contribution in [0.5, 0.6) is 0 Å². The van der Waals surface area contributed by atoms with Gasteiger partial charge >= 0.3 is 5.97 Å². The number of hydrogen-bond acceptors (Lipinski definition) is 4. The third-order valence-electron chi connectivity index (χ3n) is 4.62. The minimum absolute atomic E-state index is 0.0882. The fourth-order valence-electron chi connectivity index (χ4n) is 3.15. The van der Waals surface area contributed by atoms with Crippen LogP contribution >= 0.6 is 0 Å². The molecule has 1 N–H and O–H groups in total. The highest BCUT2D eigenvalue weighted by Crippen LogP contribution is 2.33. The Kier molecular flexibility index (Phi) is 6.07. The van der Waals surface area contributed by atoms with Crippen molar-refractivity contribution in [1.82, 2.24) is 4.90 Å². The lowest BCUT2D eigenvalue weighted by Gasteiger charge is -2.32. The van der Waals surface area contributed by atoms with Gasteiger partial charge in [0, 0.05) is 18.8 Å². The van der Waals surface area contributed by atoms with Crippen molar-refractivity contribution in [2.45, 2.75) is 32.4 Å². The SMILES string of the molecule is CC(=O)N1C=Cc2ccccc2[C@H]1CC(=O)O[C@@H](C)C(=O)Nc1ccc(F)cc1. The van der Waals surface area contributed by atoms with Crippen LogP contribution in [0.2, 0.25) is 0 Å². The molecule has 1 aliphatic rings. The first-order valence-electron chi connectivity index (χ1n) is 9.17. The summed E-state index contributed by atoms with van der Waals surface area (Å²) in [4.78, 5) is 38.2. The number of benzene rings is 2. The van der Waals surface area contributed by atoms with Crippen LogP contribution < -0.4 is 5.32 Å². The molecule has 0 aliphatic carbocycles. The molecular weight excluding hydrogens is 375 g/mol. The third kappa shape index (κ3) is 4.87. The number of halogens is 1. The number of rotatable bonds is 5. The topological polar surface area (TPSA) is 75.7 Å². The Morgan fingerprint density at radius 2 is 1.83 bits per heavy atom. The van der Waals surface area contributed by atoms with Gasteiger partial charge in [-0.3, -0.25) is 14.4 Å². The summed E-state index contributed by atoms with van der Waals surface area (Å²) in [7, 11) is 0. The number of anilines is 1. The average molecular weight is 396 g/mol. The molecule has 0 radical (unpaired) electrons. The number of amides is 2. The highest BCUT2D eigenvalue weighted by Gasteiger charge is 2.30. The van der Waals surface area contributed by atoms with E-state index in [0.717, 1.165) is 11.1 Å². The van der Waals surface area contributed by atoms with Crippen LogP contribution in [0.3, 0.4) is 0 Å². The monoisotopic (exact) mass is 396 g/mol. The summed E-state index contributed by atoms with van der Waals surface area (Å²) in [6, 6.07) is 12.2. The molecular formula is C22H21FN2O4. The molecule has 0 saturated heterocycles. The van der Waals surface area contributed by atoms with Gasteiger partial charge in [0.1, 0.15) is 5.82 Å². The molecule has 0 saturated carbocycles. The quantitative estimate of drug-likeness (QED) is 0.783. The zero-order valence-corrected chi connectivity index (χ0v) is 16.1. The second kappa shape index (κ2) is 8.68. The van der Waals surface area contributed by atoms with Gasteiger partial charge in [-0.25, -0.2) is 4.39 Å². The van der Waals surface area contributed by atoms with Crippen LogP contribution in [-0.2, 0) is 19.1 Å². The van der Waals surface area contributed by atoms with Gasteiger partial charge in [0.2, 0.25) is 5.91 Å². The molecule has 2 aromatic rings. The molecule has 150 valence electrons. The predicted molar refractivity (Wildman–Crippen MR) is 106 cm³/mol. The highest BCUT2D eigenvalue weighted by molar-refractivity contribution is 5.95. The first kappa shape index (κ1) is 20.3. The largest absolute Gasteiger partial charge is 0.452 e. The summed E-state index contributed by atoms with van der Waals surface area (Å²) < 4.78 is 18.2. The number of hydrogen-bond donors (Lipinski definition) is 1. The van der Waals surface area contributed by atoms with Gasteiger partial charge in [0.05, 0.1) is 12.5 Å². The number of fused-ring (bicyclic) bond motifs is 1. The molecule has 29 heavy (non-hydrogen) atoms. The second-order valence-electron chi connectivity index (χ2n) is 6.72. The first-order valence-corrected chi connectivity index (χ1v) is 9.17. The Hall–Kier alpha value is -3.48. The lowest BCUT2D eigenvalue weighted by molar-refractivity contribution is -0.154. The Morgan fingerprint density at radius 3 is 2.52 bits per heavy atom.